The lowest BCUT2D eigenvalue weighted by Crippen LogP contribution is -2.40. The van der Waals surface area contributed by atoms with Crippen LogP contribution in [0, 0.1) is 0 Å². The maximum absolute atomic E-state index is 12.6. The molecule has 2 aromatic rings. The standard InChI is InChI=1S/C22H26N2O4/c1-14(25)16-6-7-20(28-5)17(12-16)13-18(26)10-15-8-9-23-19(11-15)21(27)24-22(2,3)4/h6-9,11-12H,10,13H2,1-5H3,(H,24,27). The van der Waals surface area contributed by atoms with Gasteiger partial charge in [-0.1, -0.05) is 0 Å². The molecular weight excluding hydrogens is 356 g/mol. The fourth-order valence-electron chi connectivity index (χ4n) is 2.75. The molecule has 1 N–H and O–H groups in total. The molecule has 1 heterocycles. The molecule has 0 saturated carbocycles. The summed E-state index contributed by atoms with van der Waals surface area (Å²) in [7, 11) is 1.53. The zero-order valence-corrected chi connectivity index (χ0v) is 17.0. The van der Waals surface area contributed by atoms with Crippen LogP contribution in [0.4, 0.5) is 0 Å². The Balaban J connectivity index is 2.14. The molecule has 6 nitrogen and oxygen atoms in total. The third kappa shape index (κ3) is 6.01. The van der Waals surface area contributed by atoms with Crippen LogP contribution < -0.4 is 10.1 Å². The number of aromatic nitrogens is 1. The Hall–Kier alpha value is -3.02. The van der Waals surface area contributed by atoms with E-state index >= 15 is 0 Å². The molecule has 148 valence electrons. The van der Waals surface area contributed by atoms with E-state index in [0.717, 1.165) is 0 Å². The van der Waals surface area contributed by atoms with E-state index in [4.69, 9.17) is 4.74 Å². The second-order valence-electron chi connectivity index (χ2n) is 7.73. The van der Waals surface area contributed by atoms with E-state index in [9.17, 15) is 14.4 Å². The maximum atomic E-state index is 12.6. The van der Waals surface area contributed by atoms with Crippen molar-refractivity contribution >= 4 is 17.5 Å². The highest BCUT2D eigenvalue weighted by molar-refractivity contribution is 5.95. The van der Waals surface area contributed by atoms with Gasteiger partial charge in [-0.15, -0.1) is 0 Å². The van der Waals surface area contributed by atoms with Crippen molar-refractivity contribution in [2.75, 3.05) is 7.11 Å². The van der Waals surface area contributed by atoms with E-state index in [-0.39, 0.29) is 41.5 Å². The van der Waals surface area contributed by atoms with Crippen molar-refractivity contribution in [1.29, 1.82) is 0 Å². The molecule has 0 radical (unpaired) electrons. The molecule has 1 aromatic heterocycles. The summed E-state index contributed by atoms with van der Waals surface area (Å²) in [6, 6.07) is 8.41. The smallest absolute Gasteiger partial charge is 0.270 e. The number of nitrogens with one attached hydrogen (secondary N) is 1. The van der Waals surface area contributed by atoms with Gasteiger partial charge in [-0.3, -0.25) is 19.4 Å². The Morgan fingerprint density at radius 3 is 2.39 bits per heavy atom. The average molecular weight is 382 g/mol. The number of carbonyl (C=O) groups is 3. The van der Waals surface area contributed by atoms with Crippen LogP contribution in [0.15, 0.2) is 36.5 Å². The molecule has 0 aliphatic heterocycles. The van der Waals surface area contributed by atoms with Crippen LogP contribution in [-0.4, -0.2) is 35.1 Å². The van der Waals surface area contributed by atoms with Gasteiger partial charge in [0.2, 0.25) is 0 Å². The Bertz CT molecular complexity index is 898. The number of Topliss-reactive ketones (excluding diaryl/α,β-unsaturated/α-hetero) is 2. The van der Waals surface area contributed by atoms with Crippen LogP contribution in [0.2, 0.25) is 0 Å². The summed E-state index contributed by atoms with van der Waals surface area (Å²) in [6.07, 6.45) is 1.82. The van der Waals surface area contributed by atoms with E-state index in [1.165, 1.54) is 20.2 Å². The second kappa shape index (κ2) is 8.78. The first-order valence-electron chi connectivity index (χ1n) is 9.06. The summed E-state index contributed by atoms with van der Waals surface area (Å²) in [5, 5.41) is 2.85. The lowest BCUT2D eigenvalue weighted by Gasteiger charge is -2.20. The van der Waals surface area contributed by atoms with Gasteiger partial charge in [-0.2, -0.15) is 0 Å². The van der Waals surface area contributed by atoms with Crippen LogP contribution in [0.3, 0.4) is 0 Å². The predicted molar refractivity (Wildman–Crippen MR) is 107 cm³/mol. The number of ether oxygens (including phenoxy) is 1. The number of rotatable bonds is 7. The fourth-order valence-corrected chi connectivity index (χ4v) is 2.75. The van der Waals surface area contributed by atoms with E-state index in [1.807, 2.05) is 20.8 Å². The maximum Gasteiger partial charge on any atom is 0.270 e. The number of hydrogen-bond donors (Lipinski definition) is 1. The highest BCUT2D eigenvalue weighted by Gasteiger charge is 2.17. The first-order chi connectivity index (χ1) is 13.1. The number of pyridine rings is 1. The van der Waals surface area contributed by atoms with E-state index in [2.05, 4.69) is 10.3 Å². The molecular formula is C22H26N2O4. The van der Waals surface area contributed by atoms with Crippen LogP contribution >= 0.6 is 0 Å². The van der Waals surface area contributed by atoms with Crippen LogP contribution in [-0.2, 0) is 17.6 Å². The zero-order chi connectivity index (χ0) is 20.9. The molecule has 6 heteroatoms. The third-order valence-corrected chi connectivity index (χ3v) is 4.02. The quantitative estimate of drug-likeness (QED) is 0.744. The Morgan fingerprint density at radius 2 is 1.79 bits per heavy atom. The fraction of sp³-hybridized carbons (Fsp3) is 0.364. The van der Waals surface area contributed by atoms with Gasteiger partial charge in [0.05, 0.1) is 7.11 Å². The van der Waals surface area contributed by atoms with Crippen molar-refractivity contribution in [3.63, 3.8) is 0 Å². The number of methoxy groups -OCH3 is 1. The van der Waals surface area contributed by atoms with Gasteiger partial charge < -0.3 is 10.1 Å². The Labute approximate surface area is 165 Å². The van der Waals surface area contributed by atoms with Gasteiger partial charge in [0, 0.05) is 35.7 Å². The molecule has 1 aromatic carbocycles. The zero-order valence-electron chi connectivity index (χ0n) is 17.0. The lowest BCUT2D eigenvalue weighted by atomic mass is 9.99. The minimum atomic E-state index is -0.372. The number of benzene rings is 1. The topological polar surface area (TPSA) is 85.4 Å². The second-order valence-corrected chi connectivity index (χ2v) is 7.73. The predicted octanol–water partition coefficient (Wildman–Crippen LogP) is 3.18. The summed E-state index contributed by atoms with van der Waals surface area (Å²) in [5.74, 6) is 0.170. The largest absolute Gasteiger partial charge is 0.496 e. The highest BCUT2D eigenvalue weighted by Crippen LogP contribution is 2.21. The van der Waals surface area contributed by atoms with Crippen molar-refractivity contribution < 1.29 is 19.1 Å². The van der Waals surface area contributed by atoms with Crippen LogP contribution in [0.1, 0.15) is 59.7 Å². The van der Waals surface area contributed by atoms with Gasteiger partial charge in [-0.25, -0.2) is 0 Å². The minimum Gasteiger partial charge on any atom is -0.496 e. The molecule has 28 heavy (non-hydrogen) atoms. The molecule has 0 spiro atoms. The molecule has 0 aliphatic carbocycles. The van der Waals surface area contributed by atoms with Crippen molar-refractivity contribution in [3.05, 3.63) is 58.9 Å². The van der Waals surface area contributed by atoms with Gasteiger partial charge >= 0.3 is 0 Å². The minimum absolute atomic E-state index is 0.0487. The molecule has 0 aliphatic rings. The van der Waals surface area contributed by atoms with Crippen LogP contribution in [0.25, 0.3) is 0 Å². The number of amides is 1. The highest BCUT2D eigenvalue weighted by atomic mass is 16.5. The number of nitrogens with zero attached hydrogens (tertiary/aromatic N) is 1. The molecule has 0 saturated heterocycles. The summed E-state index contributed by atoms with van der Waals surface area (Å²) in [5.41, 5.74) is 1.81. The number of hydrogen-bond acceptors (Lipinski definition) is 5. The van der Waals surface area contributed by atoms with E-state index < -0.39 is 0 Å². The van der Waals surface area contributed by atoms with Gasteiger partial charge in [0.25, 0.3) is 5.91 Å². The Kier molecular flexibility index (Phi) is 6.67. The number of ketones is 2. The van der Waals surface area contributed by atoms with E-state index in [1.54, 1.807) is 30.3 Å². The summed E-state index contributed by atoms with van der Waals surface area (Å²) < 4.78 is 5.30. The molecule has 0 bridgehead atoms. The summed E-state index contributed by atoms with van der Waals surface area (Å²) >= 11 is 0. The molecule has 1 amide bonds. The van der Waals surface area contributed by atoms with Gasteiger partial charge in [0.15, 0.2) is 5.78 Å². The first-order valence-corrected chi connectivity index (χ1v) is 9.06. The third-order valence-electron chi connectivity index (χ3n) is 4.02. The molecule has 2 rings (SSSR count). The van der Waals surface area contributed by atoms with E-state index in [0.29, 0.717) is 22.4 Å². The number of carbonyl (C=O) groups excluding carboxylic acids is 3. The molecule has 0 unspecified atom stereocenters. The Morgan fingerprint density at radius 1 is 1.07 bits per heavy atom. The molecule has 0 atom stereocenters. The van der Waals surface area contributed by atoms with Crippen molar-refractivity contribution in [2.24, 2.45) is 0 Å². The van der Waals surface area contributed by atoms with Crippen molar-refractivity contribution in [2.45, 2.75) is 46.1 Å². The van der Waals surface area contributed by atoms with Crippen molar-refractivity contribution in [3.8, 4) is 5.75 Å². The normalized spacial score (nSPS) is 11.0. The molecule has 0 fully saturated rings. The average Bonchev–Trinajstić information content (AvgIpc) is 2.60. The van der Waals surface area contributed by atoms with Crippen LogP contribution in [0.5, 0.6) is 5.75 Å². The first kappa shape index (κ1) is 21.3. The lowest BCUT2D eigenvalue weighted by molar-refractivity contribution is -0.117. The summed E-state index contributed by atoms with van der Waals surface area (Å²) in [6.45, 7) is 7.15. The monoisotopic (exact) mass is 382 g/mol. The SMILES string of the molecule is COc1ccc(C(C)=O)cc1CC(=O)Cc1ccnc(C(=O)NC(C)(C)C)c1. The summed E-state index contributed by atoms with van der Waals surface area (Å²) in [4.78, 5) is 40.5. The van der Waals surface area contributed by atoms with Crippen molar-refractivity contribution in [1.82, 2.24) is 10.3 Å². The van der Waals surface area contributed by atoms with Gasteiger partial charge in [-0.05, 0) is 63.6 Å². The van der Waals surface area contributed by atoms with Gasteiger partial charge in [0.1, 0.15) is 17.2 Å².